The lowest BCUT2D eigenvalue weighted by molar-refractivity contribution is -0.131. The second-order valence-electron chi connectivity index (χ2n) is 8.40. The second-order valence-corrected chi connectivity index (χ2v) is 10.2. The summed E-state index contributed by atoms with van der Waals surface area (Å²) < 4.78 is 1.29. The molecule has 28 heavy (non-hydrogen) atoms. The van der Waals surface area contributed by atoms with Crippen LogP contribution in [0.25, 0.3) is 11.0 Å². The number of nitrogens with zero attached hydrogens (tertiary/aromatic N) is 2. The summed E-state index contributed by atoms with van der Waals surface area (Å²) in [5.41, 5.74) is 5.63. The number of hydrogen-bond acceptors (Lipinski definition) is 2. The van der Waals surface area contributed by atoms with Crippen LogP contribution in [-0.4, -0.2) is 15.9 Å². The molecule has 3 unspecified atom stereocenters. The lowest BCUT2D eigenvalue weighted by Crippen LogP contribution is -2.57. The molecule has 1 saturated heterocycles. The van der Waals surface area contributed by atoms with Gasteiger partial charge in [-0.15, -0.1) is 9.24 Å². The first kappa shape index (κ1) is 17.4. The van der Waals surface area contributed by atoms with Gasteiger partial charge in [0.1, 0.15) is 0 Å². The lowest BCUT2D eigenvalue weighted by atomic mass is 9.78. The van der Waals surface area contributed by atoms with Gasteiger partial charge in [-0.3, -0.25) is 4.79 Å². The van der Waals surface area contributed by atoms with Crippen molar-refractivity contribution in [2.75, 3.05) is 4.90 Å². The molecule has 0 bridgehead atoms. The van der Waals surface area contributed by atoms with Gasteiger partial charge in [0, 0.05) is 9.26 Å². The molecule has 3 fully saturated rings. The molecule has 1 amide bonds. The number of hydrogen-bond donors (Lipinski definition) is 1. The molecule has 1 N–H and O–H groups in total. The fraction of sp³-hybridized carbons (Fsp3) is 0.364. The summed E-state index contributed by atoms with van der Waals surface area (Å²) in [5.74, 6) is 1.68. The number of amides is 1. The molecule has 2 saturated carbocycles. The molecule has 1 aromatic heterocycles. The molecule has 6 heteroatoms. The van der Waals surface area contributed by atoms with Crippen LogP contribution in [0.2, 0.25) is 0 Å². The molecule has 0 radical (unpaired) electrons. The summed E-state index contributed by atoms with van der Waals surface area (Å²) in [6.45, 7) is 0. The van der Waals surface area contributed by atoms with Crippen molar-refractivity contribution in [2.24, 2.45) is 11.8 Å². The summed E-state index contributed by atoms with van der Waals surface area (Å²) in [7, 11) is 2.95. The number of carbonyl (C=O) groups is 1. The van der Waals surface area contributed by atoms with Gasteiger partial charge in [0.05, 0.1) is 29.3 Å². The average molecular weight is 501 g/mol. The Morgan fingerprint density at radius 1 is 1.14 bits per heavy atom. The van der Waals surface area contributed by atoms with E-state index in [1.165, 1.54) is 45.7 Å². The maximum absolute atomic E-state index is 13.2. The molecular formula is C22H21IN3OP. The molecule has 2 aromatic carbocycles. The molecule has 4 nitrogen and oxygen atoms in total. The van der Waals surface area contributed by atoms with Crippen molar-refractivity contribution in [1.82, 2.24) is 9.97 Å². The number of aromatic amines is 1. The third kappa shape index (κ3) is 2.66. The van der Waals surface area contributed by atoms with E-state index in [0.29, 0.717) is 5.92 Å². The summed E-state index contributed by atoms with van der Waals surface area (Å²) in [5, 5.41) is 1.25. The monoisotopic (exact) mass is 501 g/mol. The van der Waals surface area contributed by atoms with Crippen LogP contribution in [0.1, 0.15) is 48.8 Å². The Labute approximate surface area is 179 Å². The van der Waals surface area contributed by atoms with E-state index in [4.69, 9.17) is 0 Å². The first-order valence-corrected chi connectivity index (χ1v) is 11.6. The van der Waals surface area contributed by atoms with Crippen LogP contribution in [0.5, 0.6) is 0 Å². The third-order valence-electron chi connectivity index (χ3n) is 6.48. The molecule has 3 atom stereocenters. The second kappa shape index (κ2) is 6.27. The Balaban J connectivity index is 1.45. The summed E-state index contributed by atoms with van der Waals surface area (Å²) in [6, 6.07) is 10.9. The number of H-pyrrole nitrogens is 1. The molecule has 3 aliphatic rings. The molecule has 2 aliphatic carbocycles. The quantitative estimate of drug-likeness (QED) is 0.321. The topological polar surface area (TPSA) is 49.0 Å². The van der Waals surface area contributed by atoms with E-state index >= 15 is 0 Å². The van der Waals surface area contributed by atoms with E-state index in [0.717, 1.165) is 22.6 Å². The van der Waals surface area contributed by atoms with Gasteiger partial charge in [0.25, 0.3) is 0 Å². The highest BCUT2D eigenvalue weighted by atomic mass is 127. The van der Waals surface area contributed by atoms with Gasteiger partial charge in [0.2, 0.25) is 5.91 Å². The van der Waals surface area contributed by atoms with Gasteiger partial charge in [-0.2, -0.15) is 0 Å². The highest BCUT2D eigenvalue weighted by Crippen LogP contribution is 2.55. The van der Waals surface area contributed by atoms with Crippen molar-refractivity contribution in [3.63, 3.8) is 0 Å². The van der Waals surface area contributed by atoms with Crippen molar-refractivity contribution in [3.8, 4) is 0 Å². The van der Waals surface area contributed by atoms with Crippen molar-refractivity contribution < 1.29 is 4.79 Å². The normalized spacial score (nSPS) is 24.6. The van der Waals surface area contributed by atoms with Crippen LogP contribution >= 0.6 is 31.8 Å². The number of fused-ring (bicyclic) bond motifs is 1. The number of aromatic nitrogens is 2. The number of β-lactam (4-membered cyclic amide) rings is 1. The van der Waals surface area contributed by atoms with Crippen molar-refractivity contribution in [3.05, 3.63) is 51.4 Å². The molecule has 0 spiro atoms. The van der Waals surface area contributed by atoms with E-state index in [1.807, 2.05) is 23.1 Å². The Bertz CT molecular complexity index is 1090. The number of halogens is 1. The number of carbonyl (C=O) groups excluding carboxylic acids is 1. The maximum atomic E-state index is 13.2. The van der Waals surface area contributed by atoms with E-state index in [2.05, 4.69) is 53.9 Å². The van der Waals surface area contributed by atoms with Crippen molar-refractivity contribution >= 4 is 59.8 Å². The van der Waals surface area contributed by atoms with Gasteiger partial charge < -0.3 is 9.88 Å². The van der Waals surface area contributed by atoms with Crippen LogP contribution < -0.4 is 10.2 Å². The van der Waals surface area contributed by atoms with Crippen LogP contribution in [0, 0.1) is 15.4 Å². The Morgan fingerprint density at radius 3 is 2.68 bits per heavy atom. The number of rotatable bonds is 4. The lowest BCUT2D eigenvalue weighted by Gasteiger charge is -2.48. The molecule has 2 heterocycles. The number of anilines is 1. The van der Waals surface area contributed by atoms with E-state index in [-0.39, 0.29) is 17.9 Å². The van der Waals surface area contributed by atoms with Gasteiger partial charge in [-0.1, -0.05) is 6.07 Å². The number of nitrogens with one attached hydrogen (secondary N) is 1. The fourth-order valence-electron chi connectivity index (χ4n) is 4.72. The summed E-state index contributed by atoms with van der Waals surface area (Å²) in [6.07, 6.45) is 6.69. The van der Waals surface area contributed by atoms with Crippen molar-refractivity contribution in [1.29, 1.82) is 0 Å². The van der Waals surface area contributed by atoms with Gasteiger partial charge in [-0.25, -0.2) is 4.98 Å². The largest absolute Gasteiger partial charge is 0.345 e. The van der Waals surface area contributed by atoms with Gasteiger partial charge in [-0.05, 0) is 101 Å². The molecule has 1 aliphatic heterocycles. The van der Waals surface area contributed by atoms with Gasteiger partial charge in [0.15, 0.2) is 0 Å². The van der Waals surface area contributed by atoms with Crippen LogP contribution in [0.15, 0.2) is 36.7 Å². The molecular weight excluding hydrogens is 480 g/mol. The zero-order valence-electron chi connectivity index (χ0n) is 15.4. The zero-order valence-corrected chi connectivity index (χ0v) is 18.7. The first-order valence-electron chi connectivity index (χ1n) is 9.97. The predicted octanol–water partition coefficient (Wildman–Crippen LogP) is 4.66. The molecule has 3 aromatic rings. The maximum Gasteiger partial charge on any atom is 0.233 e. The summed E-state index contributed by atoms with van der Waals surface area (Å²) in [4.78, 5) is 22.7. The Kier molecular flexibility index (Phi) is 3.90. The minimum Gasteiger partial charge on any atom is -0.345 e. The average Bonchev–Trinajstić information content (AvgIpc) is 3.59. The summed E-state index contributed by atoms with van der Waals surface area (Å²) >= 11 is 2.48. The number of imidazole rings is 1. The first-order chi connectivity index (χ1) is 13.6. The highest BCUT2D eigenvalue weighted by molar-refractivity contribution is 14.1. The minimum atomic E-state index is 0.120. The van der Waals surface area contributed by atoms with E-state index < -0.39 is 0 Å². The van der Waals surface area contributed by atoms with Crippen LogP contribution in [-0.2, 0) is 4.79 Å². The Morgan fingerprint density at radius 2 is 1.96 bits per heavy atom. The number of benzene rings is 2. The van der Waals surface area contributed by atoms with E-state index in [1.54, 1.807) is 6.33 Å². The van der Waals surface area contributed by atoms with Gasteiger partial charge >= 0.3 is 0 Å². The molecule has 6 rings (SSSR count). The SMILES string of the molecule is O=C1C(C2CC2)C(c2c(P)cc(C3CC3)cc2I)N1c1ccc2[nH]cnc2c1. The fourth-order valence-corrected chi connectivity index (χ4v) is 6.52. The third-order valence-corrected chi connectivity index (χ3v) is 7.85. The van der Waals surface area contributed by atoms with E-state index in [9.17, 15) is 4.79 Å². The predicted molar refractivity (Wildman–Crippen MR) is 123 cm³/mol. The minimum absolute atomic E-state index is 0.120. The zero-order chi connectivity index (χ0) is 19.0. The Hall–Kier alpha value is -1.46. The van der Waals surface area contributed by atoms with Crippen molar-refractivity contribution in [2.45, 2.75) is 37.6 Å². The smallest absolute Gasteiger partial charge is 0.233 e. The van der Waals surface area contributed by atoms with Crippen LogP contribution in [0.4, 0.5) is 5.69 Å². The standard InChI is InChI=1S/C22H21IN3OP/c23-15-7-13(11-1-2-11)8-18(28)20(15)21-19(12-3-4-12)22(27)26(21)14-5-6-16-17(9-14)25-10-24-16/h5-12,19,21H,1-4,28H2,(H,24,25). The highest BCUT2D eigenvalue weighted by Gasteiger charge is 2.56. The molecule has 142 valence electrons. The van der Waals surface area contributed by atoms with Crippen LogP contribution in [0.3, 0.4) is 0 Å².